The summed E-state index contributed by atoms with van der Waals surface area (Å²) in [5, 5.41) is 0. The van der Waals surface area contributed by atoms with E-state index in [1.54, 1.807) is 0 Å². The van der Waals surface area contributed by atoms with Gasteiger partial charge >= 0.3 is 5.97 Å². The van der Waals surface area contributed by atoms with Gasteiger partial charge in [-0.05, 0) is 12.8 Å². The fourth-order valence-electron chi connectivity index (χ4n) is 1.99. The highest BCUT2D eigenvalue weighted by Gasteiger charge is 2.21. The van der Waals surface area contributed by atoms with Crippen LogP contribution in [0, 0.1) is 6.57 Å². The van der Waals surface area contributed by atoms with Gasteiger partial charge in [-0.3, -0.25) is 4.79 Å². The summed E-state index contributed by atoms with van der Waals surface area (Å²) in [6.07, 6.45) is 10.6. The zero-order valence-electron chi connectivity index (χ0n) is 12.8. The first-order valence-corrected chi connectivity index (χ1v) is 7.50. The van der Waals surface area contributed by atoms with Gasteiger partial charge in [-0.15, -0.1) is 0 Å². The quantitative estimate of drug-likeness (QED) is 0.307. The van der Waals surface area contributed by atoms with Crippen LogP contribution in [-0.2, 0) is 9.53 Å². The molecule has 0 unspecified atom stereocenters. The fourth-order valence-corrected chi connectivity index (χ4v) is 1.99. The predicted molar refractivity (Wildman–Crippen MR) is 78.9 cm³/mol. The van der Waals surface area contributed by atoms with Gasteiger partial charge in [0.2, 0.25) is 5.54 Å². The Labute approximate surface area is 118 Å². The summed E-state index contributed by atoms with van der Waals surface area (Å²) in [5.41, 5.74) is -0.170. The lowest BCUT2D eigenvalue weighted by Crippen LogP contribution is -2.12. The minimum absolute atomic E-state index is 0.170. The third-order valence-electron chi connectivity index (χ3n) is 3.29. The normalized spacial score (nSPS) is 11.1. The minimum Gasteiger partial charge on any atom is -0.466 e. The zero-order chi connectivity index (χ0) is 14.6. The van der Waals surface area contributed by atoms with Gasteiger partial charge in [0.25, 0.3) is 0 Å². The summed E-state index contributed by atoms with van der Waals surface area (Å²) in [5.74, 6) is -0.178. The highest BCUT2D eigenvalue weighted by molar-refractivity contribution is 5.65. The van der Waals surface area contributed by atoms with Crippen molar-refractivity contribution in [2.24, 2.45) is 0 Å². The Kier molecular flexibility index (Phi) is 10.2. The molecule has 0 fully saturated rings. The first kappa shape index (κ1) is 18.0. The standard InChI is InChI=1S/C16H29NO2/c1-15(18)19-14-12-10-8-6-5-7-9-11-13-16(2,3)17-4/h5-14H2,1-3H3. The maximum absolute atomic E-state index is 10.5. The summed E-state index contributed by atoms with van der Waals surface area (Å²) >= 11 is 0. The predicted octanol–water partition coefficient (Wildman–Crippen LogP) is 4.76. The van der Waals surface area contributed by atoms with Gasteiger partial charge in [0.15, 0.2) is 0 Å². The number of ether oxygens (including phenoxy) is 1. The van der Waals surface area contributed by atoms with E-state index < -0.39 is 0 Å². The molecule has 0 aliphatic rings. The van der Waals surface area contributed by atoms with E-state index in [1.165, 1.54) is 45.4 Å². The second-order valence-electron chi connectivity index (χ2n) is 5.84. The Morgan fingerprint density at radius 1 is 1.00 bits per heavy atom. The molecule has 3 heteroatoms. The van der Waals surface area contributed by atoms with Crippen LogP contribution in [0.25, 0.3) is 4.85 Å². The van der Waals surface area contributed by atoms with Crippen LogP contribution in [-0.4, -0.2) is 18.1 Å². The average molecular weight is 267 g/mol. The SMILES string of the molecule is [C-]#[N+]C(C)(C)CCCCCCCCCCOC(C)=O. The Morgan fingerprint density at radius 2 is 1.47 bits per heavy atom. The molecule has 0 heterocycles. The number of hydrogen-bond acceptors (Lipinski definition) is 2. The van der Waals surface area contributed by atoms with Crippen molar-refractivity contribution in [3.63, 3.8) is 0 Å². The van der Waals surface area contributed by atoms with E-state index in [-0.39, 0.29) is 11.5 Å². The Hall–Kier alpha value is -1.04. The molecule has 0 N–H and O–H groups in total. The summed E-state index contributed by atoms with van der Waals surface area (Å²) < 4.78 is 4.88. The molecule has 0 spiro atoms. The third-order valence-corrected chi connectivity index (χ3v) is 3.29. The molecular formula is C16H29NO2. The van der Waals surface area contributed by atoms with E-state index in [0.29, 0.717) is 6.61 Å². The van der Waals surface area contributed by atoms with E-state index in [0.717, 1.165) is 19.3 Å². The number of carbonyl (C=O) groups is 1. The van der Waals surface area contributed by atoms with Gasteiger partial charge in [0, 0.05) is 27.2 Å². The van der Waals surface area contributed by atoms with Crippen molar-refractivity contribution in [2.45, 2.75) is 84.1 Å². The molecule has 0 bridgehead atoms. The van der Waals surface area contributed by atoms with Gasteiger partial charge in [-0.1, -0.05) is 38.5 Å². The maximum Gasteiger partial charge on any atom is 0.302 e. The summed E-state index contributed by atoms with van der Waals surface area (Å²) in [6, 6.07) is 0. The van der Waals surface area contributed by atoms with Gasteiger partial charge < -0.3 is 9.58 Å². The van der Waals surface area contributed by atoms with Gasteiger partial charge in [-0.2, -0.15) is 0 Å². The first-order valence-electron chi connectivity index (χ1n) is 7.50. The monoisotopic (exact) mass is 267 g/mol. The smallest absolute Gasteiger partial charge is 0.302 e. The van der Waals surface area contributed by atoms with Crippen molar-refractivity contribution in [3.05, 3.63) is 11.4 Å². The molecule has 0 rings (SSSR count). The van der Waals surface area contributed by atoms with Gasteiger partial charge in [-0.25, -0.2) is 6.57 Å². The third kappa shape index (κ3) is 13.2. The molecule has 19 heavy (non-hydrogen) atoms. The molecule has 0 aliphatic heterocycles. The number of carbonyl (C=O) groups excluding carboxylic acids is 1. The Morgan fingerprint density at radius 3 is 1.95 bits per heavy atom. The summed E-state index contributed by atoms with van der Waals surface area (Å²) in [6.45, 7) is 13.1. The lowest BCUT2D eigenvalue weighted by Gasteiger charge is -2.10. The van der Waals surface area contributed by atoms with Crippen molar-refractivity contribution >= 4 is 5.97 Å². The molecule has 0 atom stereocenters. The average Bonchev–Trinajstić information content (AvgIpc) is 2.35. The number of rotatable bonds is 11. The molecule has 0 saturated heterocycles. The highest BCUT2D eigenvalue weighted by Crippen LogP contribution is 2.19. The van der Waals surface area contributed by atoms with Crippen LogP contribution in [0.3, 0.4) is 0 Å². The van der Waals surface area contributed by atoms with Gasteiger partial charge in [0.1, 0.15) is 0 Å². The molecule has 0 saturated carbocycles. The summed E-state index contributed by atoms with van der Waals surface area (Å²) in [7, 11) is 0. The molecule has 0 aromatic rings. The van der Waals surface area contributed by atoms with Crippen molar-refractivity contribution in [2.75, 3.05) is 6.61 Å². The van der Waals surface area contributed by atoms with Crippen LogP contribution >= 0.6 is 0 Å². The van der Waals surface area contributed by atoms with Crippen molar-refractivity contribution < 1.29 is 9.53 Å². The maximum atomic E-state index is 10.5. The molecule has 0 amide bonds. The van der Waals surface area contributed by atoms with E-state index in [1.807, 2.05) is 13.8 Å². The van der Waals surface area contributed by atoms with E-state index >= 15 is 0 Å². The van der Waals surface area contributed by atoms with Crippen molar-refractivity contribution in [1.82, 2.24) is 0 Å². The number of unbranched alkanes of at least 4 members (excludes halogenated alkanes) is 7. The van der Waals surface area contributed by atoms with E-state index in [9.17, 15) is 4.79 Å². The first-order chi connectivity index (χ1) is 8.98. The Balaban J connectivity index is 3.16. The van der Waals surface area contributed by atoms with Crippen LogP contribution in [0.4, 0.5) is 0 Å². The fraction of sp³-hybridized carbons (Fsp3) is 0.875. The minimum atomic E-state index is -0.178. The topological polar surface area (TPSA) is 30.7 Å². The zero-order valence-corrected chi connectivity index (χ0v) is 12.8. The largest absolute Gasteiger partial charge is 0.466 e. The second kappa shape index (κ2) is 10.8. The van der Waals surface area contributed by atoms with Crippen molar-refractivity contribution in [3.8, 4) is 0 Å². The lowest BCUT2D eigenvalue weighted by atomic mass is 9.97. The second-order valence-corrected chi connectivity index (χ2v) is 5.84. The molecular weight excluding hydrogens is 238 g/mol. The van der Waals surface area contributed by atoms with E-state index in [4.69, 9.17) is 11.3 Å². The molecule has 0 aromatic carbocycles. The lowest BCUT2D eigenvalue weighted by molar-refractivity contribution is -0.141. The van der Waals surface area contributed by atoms with Crippen LogP contribution < -0.4 is 0 Å². The molecule has 0 radical (unpaired) electrons. The molecule has 0 aliphatic carbocycles. The van der Waals surface area contributed by atoms with Crippen LogP contribution in [0.1, 0.15) is 78.6 Å². The number of esters is 1. The Bertz CT molecular complexity index is 279. The van der Waals surface area contributed by atoms with Gasteiger partial charge in [0.05, 0.1) is 6.61 Å². The summed E-state index contributed by atoms with van der Waals surface area (Å²) in [4.78, 5) is 14.2. The van der Waals surface area contributed by atoms with Crippen LogP contribution in [0.5, 0.6) is 0 Å². The van der Waals surface area contributed by atoms with Crippen molar-refractivity contribution in [1.29, 1.82) is 0 Å². The number of nitrogens with zero attached hydrogens (tertiary/aromatic N) is 1. The molecule has 110 valence electrons. The molecule has 3 nitrogen and oxygen atoms in total. The van der Waals surface area contributed by atoms with Crippen LogP contribution in [0.15, 0.2) is 0 Å². The highest BCUT2D eigenvalue weighted by atomic mass is 16.5. The number of hydrogen-bond donors (Lipinski definition) is 0. The van der Waals surface area contributed by atoms with E-state index in [2.05, 4.69) is 4.85 Å². The van der Waals surface area contributed by atoms with Crippen LogP contribution in [0.2, 0.25) is 0 Å². The molecule has 0 aromatic heterocycles.